The third-order valence-corrected chi connectivity index (χ3v) is 4.38. The van der Waals surface area contributed by atoms with E-state index in [4.69, 9.17) is 0 Å². The molecular formula is C19H15F3N4O2. The second-order valence-corrected chi connectivity index (χ2v) is 6.35. The van der Waals surface area contributed by atoms with Crippen molar-refractivity contribution in [3.05, 3.63) is 49.1 Å². The highest BCUT2D eigenvalue weighted by atomic mass is 19.4. The van der Waals surface area contributed by atoms with Crippen molar-refractivity contribution in [2.75, 3.05) is 0 Å². The topological polar surface area (TPSA) is 65.1 Å². The number of hydrogen-bond acceptors (Lipinski definition) is 4. The number of benzene rings is 2. The maximum Gasteiger partial charge on any atom is 0.573 e. The fourth-order valence-corrected chi connectivity index (χ4v) is 3.17. The van der Waals surface area contributed by atoms with Crippen LogP contribution in [0.3, 0.4) is 0 Å². The predicted octanol–water partition coefficient (Wildman–Crippen LogP) is 4.25. The maximum atomic E-state index is 12.4. The molecular weight excluding hydrogens is 373 g/mol. The molecule has 28 heavy (non-hydrogen) atoms. The molecule has 0 radical (unpaired) electrons. The van der Waals surface area contributed by atoms with Crippen molar-refractivity contribution < 1.29 is 23.0 Å². The fraction of sp³-hybridized carbons (Fsp3) is 0.158. The number of aryl methyl sites for hydroxylation is 2. The van der Waals surface area contributed by atoms with E-state index in [0.717, 1.165) is 16.6 Å². The number of imidazole rings is 1. The number of aromatic hydroxyl groups is 1. The van der Waals surface area contributed by atoms with E-state index in [1.807, 2.05) is 13.2 Å². The number of halogens is 3. The van der Waals surface area contributed by atoms with Crippen molar-refractivity contribution in [3.63, 3.8) is 0 Å². The minimum absolute atomic E-state index is 0.0484. The summed E-state index contributed by atoms with van der Waals surface area (Å²) in [5, 5.41) is 14.9. The number of alkyl halides is 3. The first-order valence-electron chi connectivity index (χ1n) is 8.25. The molecule has 0 saturated carbocycles. The van der Waals surface area contributed by atoms with E-state index in [2.05, 4.69) is 14.8 Å². The summed E-state index contributed by atoms with van der Waals surface area (Å²) in [4.78, 5) is 4.28. The standard InChI is InChI=1S/C19H15F3N4O2/c1-25-10-23-16-17(25)14(12-8-24-26(2)9-12)7-15(18(16)27)11-3-5-13(6-4-11)28-19(20,21)22/h3-10,27H,1-2H3. The van der Waals surface area contributed by atoms with Crippen LogP contribution in [0.4, 0.5) is 13.2 Å². The van der Waals surface area contributed by atoms with Crippen LogP contribution in [-0.2, 0) is 14.1 Å². The molecule has 0 amide bonds. The van der Waals surface area contributed by atoms with Gasteiger partial charge in [0.15, 0.2) is 5.75 Å². The molecule has 0 unspecified atom stereocenters. The average Bonchev–Trinajstić information content (AvgIpc) is 3.22. The summed E-state index contributed by atoms with van der Waals surface area (Å²) in [6, 6.07) is 7.09. The molecule has 144 valence electrons. The fourth-order valence-electron chi connectivity index (χ4n) is 3.17. The first-order valence-corrected chi connectivity index (χ1v) is 8.25. The van der Waals surface area contributed by atoms with Gasteiger partial charge >= 0.3 is 6.36 Å². The summed E-state index contributed by atoms with van der Waals surface area (Å²) in [6.07, 6.45) is 0.365. The van der Waals surface area contributed by atoms with Crippen LogP contribution in [0.15, 0.2) is 49.1 Å². The van der Waals surface area contributed by atoms with Crippen LogP contribution in [0.25, 0.3) is 33.3 Å². The van der Waals surface area contributed by atoms with Gasteiger partial charge in [0, 0.05) is 37.0 Å². The Labute approximate surface area is 157 Å². The molecule has 1 N–H and O–H groups in total. The van der Waals surface area contributed by atoms with Crippen molar-refractivity contribution >= 4 is 11.0 Å². The Balaban J connectivity index is 1.87. The van der Waals surface area contributed by atoms with Crippen molar-refractivity contribution in [1.29, 1.82) is 0 Å². The Bertz CT molecular complexity index is 1160. The van der Waals surface area contributed by atoms with Crippen molar-refractivity contribution in [2.45, 2.75) is 6.36 Å². The van der Waals surface area contributed by atoms with Crippen molar-refractivity contribution in [3.8, 4) is 33.8 Å². The average molecular weight is 388 g/mol. The van der Waals surface area contributed by atoms with Gasteiger partial charge in [-0.3, -0.25) is 4.68 Å². The second-order valence-electron chi connectivity index (χ2n) is 6.35. The van der Waals surface area contributed by atoms with Gasteiger partial charge in [0.1, 0.15) is 11.3 Å². The lowest BCUT2D eigenvalue weighted by atomic mass is 9.97. The zero-order valence-electron chi connectivity index (χ0n) is 14.9. The summed E-state index contributed by atoms with van der Waals surface area (Å²) >= 11 is 0. The van der Waals surface area contributed by atoms with Gasteiger partial charge in [-0.05, 0) is 23.8 Å². The van der Waals surface area contributed by atoms with E-state index < -0.39 is 6.36 Å². The van der Waals surface area contributed by atoms with Crippen LogP contribution in [0.1, 0.15) is 0 Å². The third kappa shape index (κ3) is 3.15. The van der Waals surface area contributed by atoms with Crippen LogP contribution < -0.4 is 4.74 Å². The highest BCUT2D eigenvalue weighted by molar-refractivity contribution is 6.01. The normalized spacial score (nSPS) is 11.9. The Morgan fingerprint density at radius 3 is 2.36 bits per heavy atom. The molecule has 2 heterocycles. The van der Waals surface area contributed by atoms with E-state index in [9.17, 15) is 18.3 Å². The van der Waals surface area contributed by atoms with Gasteiger partial charge in [0.2, 0.25) is 0 Å². The molecule has 4 aromatic rings. The summed E-state index contributed by atoms with van der Waals surface area (Å²) in [7, 11) is 3.61. The highest BCUT2D eigenvalue weighted by Gasteiger charge is 2.31. The number of rotatable bonds is 3. The molecule has 9 heteroatoms. The van der Waals surface area contributed by atoms with Crippen LogP contribution >= 0.6 is 0 Å². The number of phenolic OH excluding ortho intramolecular Hbond substituents is 1. The van der Waals surface area contributed by atoms with Gasteiger partial charge in [0.25, 0.3) is 0 Å². The minimum atomic E-state index is -4.76. The molecule has 0 saturated heterocycles. The Morgan fingerprint density at radius 1 is 1.04 bits per heavy atom. The van der Waals surface area contributed by atoms with Gasteiger partial charge in [-0.25, -0.2) is 4.98 Å². The van der Waals surface area contributed by atoms with Crippen LogP contribution in [0.2, 0.25) is 0 Å². The number of fused-ring (bicyclic) bond motifs is 1. The molecule has 0 spiro atoms. The first kappa shape index (κ1) is 17.9. The quantitative estimate of drug-likeness (QED) is 0.570. The van der Waals surface area contributed by atoms with Crippen LogP contribution in [-0.4, -0.2) is 30.8 Å². The van der Waals surface area contributed by atoms with Gasteiger partial charge in [-0.1, -0.05) is 12.1 Å². The number of hydrogen-bond donors (Lipinski definition) is 1. The number of nitrogens with zero attached hydrogens (tertiary/aromatic N) is 4. The molecule has 6 nitrogen and oxygen atoms in total. The van der Waals surface area contributed by atoms with E-state index in [-0.39, 0.29) is 11.5 Å². The summed E-state index contributed by atoms with van der Waals surface area (Å²) in [6.45, 7) is 0. The number of aromatic nitrogens is 4. The highest BCUT2D eigenvalue weighted by Crippen LogP contribution is 2.41. The van der Waals surface area contributed by atoms with E-state index in [1.54, 1.807) is 34.9 Å². The Hall–Kier alpha value is -3.49. The monoisotopic (exact) mass is 388 g/mol. The van der Waals surface area contributed by atoms with Crippen molar-refractivity contribution in [1.82, 2.24) is 19.3 Å². The molecule has 4 rings (SSSR count). The Morgan fingerprint density at radius 2 is 1.75 bits per heavy atom. The minimum Gasteiger partial charge on any atom is -0.505 e. The molecule has 0 aliphatic heterocycles. The lowest BCUT2D eigenvalue weighted by Gasteiger charge is -2.12. The van der Waals surface area contributed by atoms with E-state index >= 15 is 0 Å². The van der Waals surface area contributed by atoms with Gasteiger partial charge in [0.05, 0.1) is 18.0 Å². The maximum absolute atomic E-state index is 12.4. The lowest BCUT2D eigenvalue weighted by Crippen LogP contribution is -2.16. The zero-order chi connectivity index (χ0) is 20.1. The first-order chi connectivity index (χ1) is 13.2. The molecule has 2 aromatic heterocycles. The van der Waals surface area contributed by atoms with E-state index in [1.165, 1.54) is 24.3 Å². The predicted molar refractivity (Wildman–Crippen MR) is 96.7 cm³/mol. The molecule has 0 atom stereocenters. The number of phenols is 1. The van der Waals surface area contributed by atoms with E-state index in [0.29, 0.717) is 16.6 Å². The van der Waals surface area contributed by atoms with Gasteiger partial charge in [-0.15, -0.1) is 13.2 Å². The largest absolute Gasteiger partial charge is 0.573 e. The molecule has 0 aliphatic rings. The van der Waals surface area contributed by atoms with Gasteiger partial charge < -0.3 is 14.4 Å². The summed E-state index contributed by atoms with van der Waals surface area (Å²) in [5.74, 6) is -0.380. The molecule has 2 aromatic carbocycles. The summed E-state index contributed by atoms with van der Waals surface area (Å²) < 4.78 is 44.5. The smallest absolute Gasteiger partial charge is 0.505 e. The van der Waals surface area contributed by atoms with Crippen LogP contribution in [0, 0.1) is 0 Å². The lowest BCUT2D eigenvalue weighted by molar-refractivity contribution is -0.274. The second kappa shape index (κ2) is 6.29. The Kier molecular flexibility index (Phi) is 4.02. The molecule has 0 bridgehead atoms. The SMILES string of the molecule is Cn1cc(-c2cc(-c3ccc(OC(F)(F)F)cc3)c(O)c3ncn(C)c23)cn1. The number of ether oxygens (including phenoxy) is 1. The zero-order valence-corrected chi connectivity index (χ0v) is 14.9. The van der Waals surface area contributed by atoms with Gasteiger partial charge in [-0.2, -0.15) is 5.10 Å². The summed E-state index contributed by atoms with van der Waals surface area (Å²) in [5.41, 5.74) is 3.73. The third-order valence-electron chi connectivity index (χ3n) is 4.38. The molecule has 0 fully saturated rings. The molecule has 0 aliphatic carbocycles. The van der Waals surface area contributed by atoms with Crippen LogP contribution in [0.5, 0.6) is 11.5 Å². The van der Waals surface area contributed by atoms with Crippen molar-refractivity contribution in [2.24, 2.45) is 14.1 Å².